The molecule has 3 aromatic rings. The van der Waals surface area contributed by atoms with Crippen LogP contribution in [0.4, 0.5) is 0 Å². The third-order valence-electron chi connectivity index (χ3n) is 2.70. The van der Waals surface area contributed by atoms with E-state index in [-0.39, 0.29) is 5.43 Å². The molecule has 0 amide bonds. The Balaban J connectivity index is 2.71. The van der Waals surface area contributed by atoms with Gasteiger partial charge in [0.2, 0.25) is 0 Å². The van der Waals surface area contributed by atoms with Gasteiger partial charge < -0.3 is 0 Å². The van der Waals surface area contributed by atoms with Gasteiger partial charge in [0.25, 0.3) is 0 Å². The first-order chi connectivity index (χ1) is 7.86. The monoisotopic (exact) mass is 207 g/mol. The fourth-order valence-corrected chi connectivity index (χ4v) is 1.97. The van der Waals surface area contributed by atoms with Gasteiger partial charge in [-0.3, -0.25) is 9.78 Å². The molecule has 1 heterocycles. The Bertz CT molecular complexity index is 734. The second-order valence-electron chi connectivity index (χ2n) is 3.68. The molecule has 16 heavy (non-hydrogen) atoms. The third kappa shape index (κ3) is 1.27. The summed E-state index contributed by atoms with van der Waals surface area (Å²) >= 11 is 0. The zero-order valence-corrected chi connectivity index (χ0v) is 8.55. The maximum absolute atomic E-state index is 12.0. The van der Waals surface area contributed by atoms with Crippen LogP contribution in [0.3, 0.4) is 0 Å². The Morgan fingerprint density at radius 3 is 2.69 bits per heavy atom. The van der Waals surface area contributed by atoms with E-state index in [9.17, 15) is 4.79 Å². The van der Waals surface area contributed by atoms with Gasteiger partial charge in [0.05, 0.1) is 5.52 Å². The summed E-state index contributed by atoms with van der Waals surface area (Å²) in [6.07, 6.45) is 1.74. The molecular weight excluding hydrogens is 198 g/mol. The van der Waals surface area contributed by atoms with Gasteiger partial charge in [-0.1, -0.05) is 30.3 Å². The molecule has 0 saturated heterocycles. The summed E-state index contributed by atoms with van der Waals surface area (Å²) in [4.78, 5) is 16.2. The van der Waals surface area contributed by atoms with E-state index >= 15 is 0 Å². The van der Waals surface area contributed by atoms with Crippen molar-refractivity contribution in [3.05, 3.63) is 65.0 Å². The fourth-order valence-electron chi connectivity index (χ4n) is 1.97. The number of pyridine rings is 1. The minimum absolute atomic E-state index is 0.0404. The minimum atomic E-state index is 0.0404. The van der Waals surface area contributed by atoms with Crippen LogP contribution < -0.4 is 5.43 Å². The van der Waals surface area contributed by atoms with Gasteiger partial charge in [0.1, 0.15) is 0 Å². The number of nitrogens with zero attached hydrogens (tertiary/aromatic N) is 1. The van der Waals surface area contributed by atoms with E-state index in [0.29, 0.717) is 0 Å². The van der Waals surface area contributed by atoms with Gasteiger partial charge in [0.15, 0.2) is 5.43 Å². The number of fused-ring (bicyclic) bond motifs is 3. The van der Waals surface area contributed by atoms with Crippen LogP contribution in [-0.2, 0) is 0 Å². The van der Waals surface area contributed by atoms with Gasteiger partial charge in [-0.2, -0.15) is 0 Å². The molecule has 0 unspecified atom stereocenters. The number of benzene rings is 1. The van der Waals surface area contributed by atoms with Crippen LogP contribution in [0.15, 0.2) is 59.5 Å². The van der Waals surface area contributed by atoms with Crippen molar-refractivity contribution < 1.29 is 0 Å². The fraction of sp³-hybridized carbons (Fsp3) is 0. The van der Waals surface area contributed by atoms with Crippen LogP contribution in [0.5, 0.6) is 0 Å². The average molecular weight is 207 g/mol. The lowest BCUT2D eigenvalue weighted by molar-refractivity contribution is 1.42. The topological polar surface area (TPSA) is 30.0 Å². The van der Waals surface area contributed by atoms with Crippen LogP contribution in [0.2, 0.25) is 0 Å². The summed E-state index contributed by atoms with van der Waals surface area (Å²) in [7, 11) is 0. The summed E-state index contributed by atoms with van der Waals surface area (Å²) in [5.74, 6) is 0. The van der Waals surface area contributed by atoms with Gasteiger partial charge in [-0.15, -0.1) is 0 Å². The lowest BCUT2D eigenvalue weighted by atomic mass is 10.1. The zero-order chi connectivity index (χ0) is 11.0. The summed E-state index contributed by atoms with van der Waals surface area (Å²) in [6.45, 7) is 0. The molecule has 0 radical (unpaired) electrons. The van der Waals surface area contributed by atoms with E-state index in [1.807, 2.05) is 36.4 Å². The first kappa shape index (κ1) is 9.04. The number of hydrogen-bond donors (Lipinski definition) is 0. The van der Waals surface area contributed by atoms with Crippen molar-refractivity contribution in [1.82, 2.24) is 4.98 Å². The average Bonchev–Trinajstić information content (AvgIpc) is 2.51. The Labute approximate surface area is 92.2 Å². The van der Waals surface area contributed by atoms with Crippen molar-refractivity contribution in [3.63, 3.8) is 0 Å². The van der Waals surface area contributed by atoms with Crippen LogP contribution in [0.25, 0.3) is 21.7 Å². The minimum Gasteiger partial charge on any atom is -0.289 e. The van der Waals surface area contributed by atoms with Crippen LogP contribution in [0, 0.1) is 0 Å². The van der Waals surface area contributed by atoms with E-state index in [0.717, 1.165) is 21.7 Å². The molecule has 0 aliphatic rings. The van der Waals surface area contributed by atoms with Crippen molar-refractivity contribution in [2.75, 3.05) is 0 Å². The van der Waals surface area contributed by atoms with E-state index < -0.39 is 0 Å². The van der Waals surface area contributed by atoms with E-state index in [1.165, 1.54) is 0 Å². The molecule has 2 nitrogen and oxygen atoms in total. The number of aromatic nitrogens is 1. The predicted octanol–water partition coefficient (Wildman–Crippen LogP) is 2.75. The van der Waals surface area contributed by atoms with Crippen molar-refractivity contribution >= 4 is 21.7 Å². The quantitative estimate of drug-likeness (QED) is 0.567. The number of hydrogen-bond acceptors (Lipinski definition) is 2. The molecule has 0 N–H and O–H groups in total. The second-order valence-corrected chi connectivity index (χ2v) is 3.68. The Morgan fingerprint density at radius 2 is 1.75 bits per heavy atom. The molecule has 0 aliphatic heterocycles. The molecule has 3 rings (SSSR count). The second kappa shape index (κ2) is 3.42. The molecule has 2 aromatic carbocycles. The Kier molecular flexibility index (Phi) is 1.93. The normalized spacial score (nSPS) is 10.8. The summed E-state index contributed by atoms with van der Waals surface area (Å²) in [5, 5.41) is 2.62. The Morgan fingerprint density at radius 1 is 0.875 bits per heavy atom. The van der Waals surface area contributed by atoms with Gasteiger partial charge >= 0.3 is 0 Å². The lowest BCUT2D eigenvalue weighted by Crippen LogP contribution is -1.96. The lowest BCUT2D eigenvalue weighted by Gasteiger charge is -1.98. The first-order valence-corrected chi connectivity index (χ1v) is 5.13. The maximum atomic E-state index is 12.0. The molecule has 0 aliphatic carbocycles. The largest absolute Gasteiger partial charge is 0.289 e. The standard InChI is InChI=1S/C14H9NO/c16-13-6-2-1-4-10-7-8-12-11(14(10)13)5-3-9-15-12/h1-9H. The zero-order valence-electron chi connectivity index (χ0n) is 8.55. The molecule has 0 fully saturated rings. The summed E-state index contributed by atoms with van der Waals surface area (Å²) in [6, 6.07) is 14.9. The molecule has 1 aromatic heterocycles. The highest BCUT2D eigenvalue weighted by atomic mass is 16.1. The highest BCUT2D eigenvalue weighted by molar-refractivity contribution is 6.05. The SMILES string of the molecule is O=c1ccccc2ccc3ncccc3c12. The first-order valence-electron chi connectivity index (χ1n) is 5.13. The van der Waals surface area contributed by atoms with Gasteiger partial charge in [-0.05, 0) is 23.6 Å². The smallest absolute Gasteiger partial charge is 0.187 e. The summed E-state index contributed by atoms with van der Waals surface area (Å²) in [5.41, 5.74) is 0.900. The molecule has 76 valence electrons. The van der Waals surface area contributed by atoms with Crippen molar-refractivity contribution in [2.45, 2.75) is 0 Å². The molecule has 2 heteroatoms. The maximum Gasteiger partial charge on any atom is 0.187 e. The highest BCUT2D eigenvalue weighted by Gasteiger charge is 2.02. The van der Waals surface area contributed by atoms with Crippen LogP contribution in [-0.4, -0.2) is 4.98 Å². The number of rotatable bonds is 0. The molecule has 0 atom stereocenters. The van der Waals surface area contributed by atoms with Crippen molar-refractivity contribution in [2.24, 2.45) is 0 Å². The van der Waals surface area contributed by atoms with E-state index in [4.69, 9.17) is 0 Å². The molecular formula is C14H9NO. The third-order valence-corrected chi connectivity index (χ3v) is 2.70. The predicted molar refractivity (Wildman–Crippen MR) is 65.5 cm³/mol. The van der Waals surface area contributed by atoms with Crippen molar-refractivity contribution in [3.8, 4) is 0 Å². The molecule has 0 bridgehead atoms. The molecule has 0 saturated carbocycles. The summed E-state index contributed by atoms with van der Waals surface area (Å²) < 4.78 is 0. The molecule has 0 spiro atoms. The highest BCUT2D eigenvalue weighted by Crippen LogP contribution is 2.19. The van der Waals surface area contributed by atoms with Gasteiger partial charge in [0, 0.05) is 17.0 Å². The van der Waals surface area contributed by atoms with E-state index in [1.54, 1.807) is 18.3 Å². The van der Waals surface area contributed by atoms with E-state index in [2.05, 4.69) is 4.98 Å². The van der Waals surface area contributed by atoms with Crippen LogP contribution >= 0.6 is 0 Å². The van der Waals surface area contributed by atoms with Crippen LogP contribution in [0.1, 0.15) is 0 Å². The Hall–Kier alpha value is -2.22. The van der Waals surface area contributed by atoms with Crippen molar-refractivity contribution in [1.29, 1.82) is 0 Å². The van der Waals surface area contributed by atoms with Gasteiger partial charge in [-0.25, -0.2) is 0 Å².